The molecule has 338 valence electrons. The van der Waals surface area contributed by atoms with E-state index >= 15 is 0 Å². The van der Waals surface area contributed by atoms with E-state index < -0.39 is 0 Å². The van der Waals surface area contributed by atoms with E-state index in [0.717, 1.165) is 89.7 Å². The van der Waals surface area contributed by atoms with Gasteiger partial charge in [-0.1, -0.05) is 195 Å². The molecule has 10 aromatic carbocycles. The topological polar surface area (TPSA) is 11.4 Å². The minimum absolute atomic E-state index is 1.01. The van der Waals surface area contributed by atoms with Crippen LogP contribution in [0.4, 0.5) is 34.1 Å². The molecular weight excluding hydrogens is 859 g/mol. The van der Waals surface area contributed by atoms with Gasteiger partial charge in [0.15, 0.2) is 0 Å². The van der Waals surface area contributed by atoms with Gasteiger partial charge in [-0.05, 0) is 153 Å². The fraction of sp³-hybridized carbons (Fsp3) is 0. The van der Waals surface area contributed by atoms with Crippen molar-refractivity contribution in [3.8, 4) is 50.2 Å². The van der Waals surface area contributed by atoms with Gasteiger partial charge < -0.3 is 14.4 Å². The predicted molar refractivity (Wildman–Crippen MR) is 303 cm³/mol. The number of benzene rings is 10. The molecule has 0 bridgehead atoms. The third-order valence-electron chi connectivity index (χ3n) is 13.2. The number of hydrogen-bond acceptors (Lipinski definition) is 2. The second kappa shape index (κ2) is 20.0. The highest BCUT2D eigenvalue weighted by Gasteiger charge is 2.21. The highest BCUT2D eigenvalue weighted by molar-refractivity contribution is 5.92. The molecule has 0 radical (unpaired) electrons. The van der Waals surface area contributed by atoms with E-state index in [4.69, 9.17) is 0 Å². The summed E-state index contributed by atoms with van der Waals surface area (Å²) in [6, 6.07) is 93.8. The van der Waals surface area contributed by atoms with E-state index in [0.29, 0.717) is 0 Å². The van der Waals surface area contributed by atoms with Crippen LogP contribution in [0.2, 0.25) is 0 Å². The molecule has 0 saturated carbocycles. The van der Waals surface area contributed by atoms with Crippen LogP contribution in [0.15, 0.2) is 298 Å². The van der Waals surface area contributed by atoms with E-state index in [2.05, 4.69) is 295 Å². The number of para-hydroxylation sites is 1. The molecule has 0 atom stereocenters. The van der Waals surface area contributed by atoms with Crippen molar-refractivity contribution in [3.05, 3.63) is 304 Å². The fourth-order valence-electron chi connectivity index (χ4n) is 9.56. The standard InChI is InChI=1S/C68H51N3/c1-3-17-50(4-2)54-26-35-62(36-27-54)70(63-37-28-55(29-38-63)51-18-9-5-10-19-51)66-47-60(58-34-43-68-59(46-58)44-45-69(68)61-24-15-8-16-25-61)48-67(49-66)71(64-39-30-56(31-40-64)52-20-11-6-12-21-52)65-41-32-57(33-42-65)53-22-13-7-14-23-53/h3-49H,1-2H2/b50-17+. The summed E-state index contributed by atoms with van der Waals surface area (Å²) in [6.45, 7) is 8.06. The Labute approximate surface area is 417 Å². The maximum absolute atomic E-state index is 4.10. The lowest BCUT2D eigenvalue weighted by Gasteiger charge is -2.31. The first-order chi connectivity index (χ1) is 35.1. The summed E-state index contributed by atoms with van der Waals surface area (Å²) in [5, 5.41) is 1.16. The molecule has 0 saturated heterocycles. The molecule has 0 aliphatic carbocycles. The van der Waals surface area contributed by atoms with Crippen molar-refractivity contribution < 1.29 is 0 Å². The van der Waals surface area contributed by atoms with Gasteiger partial charge in [0.1, 0.15) is 0 Å². The lowest BCUT2D eigenvalue weighted by Crippen LogP contribution is -2.14. The predicted octanol–water partition coefficient (Wildman–Crippen LogP) is 19.0. The molecule has 71 heavy (non-hydrogen) atoms. The van der Waals surface area contributed by atoms with Crippen LogP contribution in [0.1, 0.15) is 5.56 Å². The minimum Gasteiger partial charge on any atom is -0.317 e. The first kappa shape index (κ1) is 44.1. The molecule has 0 spiro atoms. The van der Waals surface area contributed by atoms with Crippen LogP contribution in [0.3, 0.4) is 0 Å². The monoisotopic (exact) mass is 909 g/mol. The van der Waals surface area contributed by atoms with Gasteiger partial charge in [-0.15, -0.1) is 0 Å². The molecule has 1 heterocycles. The number of rotatable bonds is 14. The van der Waals surface area contributed by atoms with Crippen LogP contribution < -0.4 is 9.80 Å². The molecule has 3 nitrogen and oxygen atoms in total. The third kappa shape index (κ3) is 9.28. The summed E-state index contributed by atoms with van der Waals surface area (Å²) in [5.74, 6) is 0. The largest absolute Gasteiger partial charge is 0.317 e. The number of allylic oxidation sites excluding steroid dienone is 4. The molecule has 1 aromatic heterocycles. The van der Waals surface area contributed by atoms with Gasteiger partial charge in [-0.3, -0.25) is 0 Å². The number of nitrogens with zero attached hydrogens (tertiary/aromatic N) is 3. The van der Waals surface area contributed by atoms with Crippen molar-refractivity contribution in [1.29, 1.82) is 0 Å². The Morgan fingerprint density at radius 3 is 1.15 bits per heavy atom. The fourth-order valence-corrected chi connectivity index (χ4v) is 9.56. The zero-order valence-electron chi connectivity index (χ0n) is 39.4. The number of anilines is 6. The van der Waals surface area contributed by atoms with Gasteiger partial charge in [-0.2, -0.15) is 0 Å². The Kier molecular flexibility index (Phi) is 12.4. The maximum Gasteiger partial charge on any atom is 0.0528 e. The summed E-state index contributed by atoms with van der Waals surface area (Å²) < 4.78 is 2.26. The smallest absolute Gasteiger partial charge is 0.0528 e. The molecule has 0 N–H and O–H groups in total. The average Bonchev–Trinajstić information content (AvgIpc) is 3.88. The van der Waals surface area contributed by atoms with Gasteiger partial charge in [-0.25, -0.2) is 0 Å². The average molecular weight is 910 g/mol. The molecule has 0 aliphatic rings. The van der Waals surface area contributed by atoms with E-state index in [-0.39, 0.29) is 0 Å². The van der Waals surface area contributed by atoms with E-state index in [1.165, 1.54) is 16.7 Å². The summed E-state index contributed by atoms with van der Waals surface area (Å²) in [6.07, 6.45) is 7.85. The molecule has 0 fully saturated rings. The first-order valence-electron chi connectivity index (χ1n) is 24.0. The van der Waals surface area contributed by atoms with E-state index in [1.54, 1.807) is 0 Å². The lowest BCUT2D eigenvalue weighted by atomic mass is 9.99. The molecule has 0 amide bonds. The number of hydrogen-bond donors (Lipinski definition) is 0. The van der Waals surface area contributed by atoms with Crippen molar-refractivity contribution in [2.45, 2.75) is 0 Å². The van der Waals surface area contributed by atoms with Gasteiger partial charge in [0.25, 0.3) is 0 Å². The third-order valence-corrected chi connectivity index (χ3v) is 13.2. The quantitative estimate of drug-likeness (QED) is 0.101. The van der Waals surface area contributed by atoms with Crippen molar-refractivity contribution in [3.63, 3.8) is 0 Å². The van der Waals surface area contributed by atoms with Gasteiger partial charge >= 0.3 is 0 Å². The van der Waals surface area contributed by atoms with Gasteiger partial charge in [0, 0.05) is 51.4 Å². The maximum atomic E-state index is 4.10. The molecule has 3 heteroatoms. The van der Waals surface area contributed by atoms with Crippen LogP contribution in [0, 0.1) is 0 Å². The van der Waals surface area contributed by atoms with Crippen LogP contribution in [-0.4, -0.2) is 4.57 Å². The second-order valence-electron chi connectivity index (χ2n) is 17.6. The molecular formula is C68H51N3. The Morgan fingerprint density at radius 2 is 0.732 bits per heavy atom. The van der Waals surface area contributed by atoms with Crippen LogP contribution >= 0.6 is 0 Å². The van der Waals surface area contributed by atoms with Crippen molar-refractivity contribution in [1.82, 2.24) is 4.57 Å². The van der Waals surface area contributed by atoms with Gasteiger partial charge in [0.05, 0.1) is 5.52 Å². The van der Waals surface area contributed by atoms with Gasteiger partial charge in [0.2, 0.25) is 0 Å². The van der Waals surface area contributed by atoms with Crippen LogP contribution in [0.5, 0.6) is 0 Å². The summed E-state index contributed by atoms with van der Waals surface area (Å²) in [5.41, 5.74) is 19.8. The number of aromatic nitrogens is 1. The lowest BCUT2D eigenvalue weighted by molar-refractivity contribution is 1.13. The Hall–Kier alpha value is -9.44. The Balaban J connectivity index is 1.12. The first-order valence-corrected chi connectivity index (χ1v) is 24.0. The zero-order valence-corrected chi connectivity index (χ0v) is 39.4. The summed E-state index contributed by atoms with van der Waals surface area (Å²) in [4.78, 5) is 4.76. The van der Waals surface area contributed by atoms with Crippen molar-refractivity contribution in [2.24, 2.45) is 0 Å². The SMILES string of the molecule is C=C/C=C(\C=C)c1ccc(N(c2ccc(-c3ccccc3)cc2)c2cc(-c3ccc4c(ccn4-c4ccccc4)c3)cc(N(c3ccc(-c4ccccc4)cc3)c3ccc(-c4ccccc4)cc3)c2)cc1. The molecule has 0 aliphatic heterocycles. The van der Waals surface area contributed by atoms with Crippen molar-refractivity contribution in [2.75, 3.05) is 9.80 Å². The Morgan fingerprint density at radius 1 is 0.338 bits per heavy atom. The van der Waals surface area contributed by atoms with Crippen molar-refractivity contribution >= 4 is 50.6 Å². The minimum atomic E-state index is 1.01. The van der Waals surface area contributed by atoms with Crippen LogP contribution in [0.25, 0.3) is 66.7 Å². The molecule has 0 unspecified atom stereocenters. The second-order valence-corrected chi connectivity index (χ2v) is 17.6. The normalized spacial score (nSPS) is 11.3. The van der Waals surface area contributed by atoms with E-state index in [1.807, 2.05) is 18.2 Å². The highest BCUT2D eigenvalue weighted by atomic mass is 15.2. The van der Waals surface area contributed by atoms with Crippen LogP contribution in [-0.2, 0) is 0 Å². The summed E-state index contributed by atoms with van der Waals surface area (Å²) >= 11 is 0. The molecule has 11 rings (SSSR count). The number of fused-ring (bicyclic) bond motifs is 1. The van der Waals surface area contributed by atoms with E-state index in [9.17, 15) is 0 Å². The highest BCUT2D eigenvalue weighted by Crippen LogP contribution is 2.45. The summed E-state index contributed by atoms with van der Waals surface area (Å²) in [7, 11) is 0. The Bertz CT molecular complexity index is 3530. The zero-order chi connectivity index (χ0) is 47.9. The molecule has 11 aromatic rings.